The highest BCUT2D eigenvalue weighted by atomic mass is 32.2. The number of anilines is 1. The lowest BCUT2D eigenvalue weighted by Crippen LogP contribution is -2.30. The molecule has 1 aromatic heterocycles. The van der Waals surface area contributed by atoms with Gasteiger partial charge in [-0.2, -0.15) is 0 Å². The average molecular weight is 282 g/mol. The summed E-state index contributed by atoms with van der Waals surface area (Å²) >= 11 is 1.34. The van der Waals surface area contributed by atoms with E-state index in [4.69, 9.17) is 16.1 Å². The van der Waals surface area contributed by atoms with Crippen molar-refractivity contribution in [1.29, 1.82) is 0 Å². The van der Waals surface area contributed by atoms with E-state index in [0.717, 1.165) is 0 Å². The highest BCUT2D eigenvalue weighted by Crippen LogP contribution is 2.25. The number of rotatable bonds is 4. The summed E-state index contributed by atoms with van der Waals surface area (Å²) in [6.07, 6.45) is 0. The summed E-state index contributed by atoms with van der Waals surface area (Å²) in [6.45, 7) is 0. The molecule has 2 rings (SSSR count). The molecule has 100 valence electrons. The lowest BCUT2D eigenvalue weighted by molar-refractivity contribution is 0.0944. The molecule has 0 radical (unpaired) electrons. The predicted molar refractivity (Wildman–Crippen MR) is 68.5 cm³/mol. The highest BCUT2D eigenvalue weighted by molar-refractivity contribution is 7.98. The number of hydrazine groups is 1. The van der Waals surface area contributed by atoms with Gasteiger partial charge in [0.2, 0.25) is 0 Å². The van der Waals surface area contributed by atoms with Crippen LogP contribution in [0.25, 0.3) is 0 Å². The summed E-state index contributed by atoms with van der Waals surface area (Å²) in [5, 5.41) is 3.56. The number of hydrogen-bond donors (Lipinski definition) is 3. The maximum atomic E-state index is 13.2. The van der Waals surface area contributed by atoms with Crippen LogP contribution in [-0.4, -0.2) is 11.1 Å². The molecule has 6 nitrogen and oxygen atoms in total. The van der Waals surface area contributed by atoms with Crippen LogP contribution >= 0.6 is 11.8 Å². The van der Waals surface area contributed by atoms with Gasteiger partial charge in [0.15, 0.2) is 5.69 Å². The summed E-state index contributed by atoms with van der Waals surface area (Å²) in [7, 11) is 0. The van der Waals surface area contributed by atoms with E-state index in [1.165, 1.54) is 30.0 Å². The van der Waals surface area contributed by atoms with Crippen LogP contribution in [0.1, 0.15) is 16.2 Å². The fourth-order valence-corrected chi connectivity index (χ4v) is 2.11. The molecule has 1 heterocycles. The van der Waals surface area contributed by atoms with Crippen LogP contribution < -0.4 is 17.0 Å². The summed E-state index contributed by atoms with van der Waals surface area (Å²) in [6, 6.07) is 6.00. The van der Waals surface area contributed by atoms with E-state index in [1.807, 2.05) is 5.43 Å². The summed E-state index contributed by atoms with van der Waals surface area (Å²) < 4.78 is 18.2. The van der Waals surface area contributed by atoms with Gasteiger partial charge in [0.25, 0.3) is 5.91 Å². The normalized spacial score (nSPS) is 10.4. The van der Waals surface area contributed by atoms with E-state index in [0.29, 0.717) is 16.4 Å². The molecular formula is C11H11FN4O2S. The lowest BCUT2D eigenvalue weighted by atomic mass is 10.3. The first kappa shape index (κ1) is 13.4. The van der Waals surface area contributed by atoms with Crippen LogP contribution in [0, 0.1) is 5.82 Å². The molecule has 0 aliphatic heterocycles. The van der Waals surface area contributed by atoms with Crippen molar-refractivity contribution in [2.75, 3.05) is 5.73 Å². The molecule has 0 unspecified atom stereocenters. The Bertz CT molecular complexity index is 602. The number of hydrogen-bond acceptors (Lipinski definition) is 6. The third-order valence-electron chi connectivity index (χ3n) is 2.28. The molecule has 0 spiro atoms. The zero-order chi connectivity index (χ0) is 13.8. The van der Waals surface area contributed by atoms with Gasteiger partial charge in [-0.15, -0.1) is 11.8 Å². The van der Waals surface area contributed by atoms with Gasteiger partial charge in [0.05, 0.1) is 11.4 Å². The first-order valence-electron chi connectivity index (χ1n) is 5.24. The van der Waals surface area contributed by atoms with Crippen LogP contribution in [-0.2, 0) is 5.75 Å². The van der Waals surface area contributed by atoms with Crippen molar-refractivity contribution >= 4 is 23.4 Å². The Morgan fingerprint density at radius 2 is 2.26 bits per heavy atom. The Kier molecular flexibility index (Phi) is 4.03. The molecule has 1 amide bonds. The zero-order valence-corrected chi connectivity index (χ0v) is 10.5. The molecule has 19 heavy (non-hydrogen) atoms. The van der Waals surface area contributed by atoms with Crippen molar-refractivity contribution < 1.29 is 13.7 Å². The largest absolute Gasteiger partial charge is 0.396 e. The number of amides is 1. The topological polar surface area (TPSA) is 107 Å². The number of carbonyl (C=O) groups excluding carboxylic acids is 1. The molecule has 0 aliphatic rings. The second kappa shape index (κ2) is 5.72. The molecule has 8 heteroatoms. The van der Waals surface area contributed by atoms with E-state index in [2.05, 4.69) is 5.16 Å². The molecule has 2 aromatic rings. The fraction of sp³-hybridized carbons (Fsp3) is 0.0909. The third-order valence-corrected chi connectivity index (χ3v) is 3.29. The quantitative estimate of drug-likeness (QED) is 0.256. The van der Waals surface area contributed by atoms with Crippen LogP contribution in [0.5, 0.6) is 0 Å². The maximum absolute atomic E-state index is 13.2. The number of thioether (sulfide) groups is 1. The standard InChI is InChI=1S/C11H11FN4O2S/c12-8-4-7(1-2-9(8)13)19-5-6-3-10(16-18-6)11(17)15-14/h1-4H,5,13-14H2,(H,15,17). The van der Waals surface area contributed by atoms with Crippen LogP contribution in [0.4, 0.5) is 10.1 Å². The average Bonchev–Trinajstić information content (AvgIpc) is 2.88. The summed E-state index contributed by atoms with van der Waals surface area (Å²) in [5.41, 5.74) is 7.53. The van der Waals surface area contributed by atoms with Gasteiger partial charge in [0.1, 0.15) is 11.6 Å². The van der Waals surface area contributed by atoms with E-state index >= 15 is 0 Å². The van der Waals surface area contributed by atoms with Gasteiger partial charge in [-0.25, -0.2) is 10.2 Å². The molecule has 1 aromatic carbocycles. The minimum Gasteiger partial charge on any atom is -0.396 e. The van der Waals surface area contributed by atoms with Crippen molar-refractivity contribution in [3.05, 3.63) is 41.5 Å². The molecule has 0 saturated carbocycles. The van der Waals surface area contributed by atoms with Gasteiger partial charge in [0, 0.05) is 11.0 Å². The third kappa shape index (κ3) is 3.24. The van der Waals surface area contributed by atoms with Gasteiger partial charge in [-0.3, -0.25) is 10.2 Å². The van der Waals surface area contributed by atoms with Gasteiger partial charge in [-0.1, -0.05) is 5.16 Å². The van der Waals surface area contributed by atoms with E-state index in [-0.39, 0.29) is 11.4 Å². The summed E-state index contributed by atoms with van der Waals surface area (Å²) in [4.78, 5) is 11.9. The SMILES string of the molecule is NNC(=O)c1cc(CSc2ccc(N)c(F)c2)on1. The Morgan fingerprint density at radius 1 is 1.47 bits per heavy atom. The van der Waals surface area contributed by atoms with Gasteiger partial charge >= 0.3 is 0 Å². The van der Waals surface area contributed by atoms with Crippen LogP contribution in [0.3, 0.4) is 0 Å². The van der Waals surface area contributed by atoms with Crippen molar-refractivity contribution in [3.8, 4) is 0 Å². The number of aromatic nitrogens is 1. The molecule has 0 atom stereocenters. The smallest absolute Gasteiger partial charge is 0.287 e. The van der Waals surface area contributed by atoms with E-state index in [1.54, 1.807) is 6.07 Å². The van der Waals surface area contributed by atoms with Crippen molar-refractivity contribution in [2.45, 2.75) is 10.6 Å². The highest BCUT2D eigenvalue weighted by Gasteiger charge is 2.11. The first-order chi connectivity index (χ1) is 9.10. The van der Waals surface area contributed by atoms with Crippen LogP contribution in [0.2, 0.25) is 0 Å². The fourth-order valence-electron chi connectivity index (χ4n) is 1.31. The second-order valence-corrected chi connectivity index (χ2v) is 4.67. The monoisotopic (exact) mass is 282 g/mol. The molecule has 0 aliphatic carbocycles. The Morgan fingerprint density at radius 3 is 2.95 bits per heavy atom. The maximum Gasteiger partial charge on any atom is 0.287 e. The Labute approximate surface area is 112 Å². The molecular weight excluding hydrogens is 271 g/mol. The number of nitrogens with zero attached hydrogens (tertiary/aromatic N) is 1. The lowest BCUT2D eigenvalue weighted by Gasteiger charge is -2.01. The predicted octanol–water partition coefficient (Wildman–Crippen LogP) is 1.29. The van der Waals surface area contributed by atoms with E-state index < -0.39 is 11.7 Å². The summed E-state index contributed by atoms with van der Waals surface area (Å²) in [5.74, 6) is 4.87. The Balaban J connectivity index is 2.00. The van der Waals surface area contributed by atoms with Gasteiger partial charge < -0.3 is 10.3 Å². The van der Waals surface area contributed by atoms with Gasteiger partial charge in [-0.05, 0) is 18.2 Å². The number of nitrogens with two attached hydrogens (primary N) is 2. The minimum atomic E-state index is -0.529. The van der Waals surface area contributed by atoms with E-state index in [9.17, 15) is 9.18 Å². The number of benzene rings is 1. The van der Waals surface area contributed by atoms with Crippen molar-refractivity contribution in [1.82, 2.24) is 10.6 Å². The molecule has 5 N–H and O–H groups in total. The number of nitrogen functional groups attached to an aromatic ring is 2. The first-order valence-corrected chi connectivity index (χ1v) is 6.23. The van der Waals surface area contributed by atoms with Crippen molar-refractivity contribution in [2.24, 2.45) is 5.84 Å². The van der Waals surface area contributed by atoms with Crippen molar-refractivity contribution in [3.63, 3.8) is 0 Å². The molecule has 0 fully saturated rings. The number of halogens is 1. The minimum absolute atomic E-state index is 0.0987. The van der Waals surface area contributed by atoms with Crippen LogP contribution in [0.15, 0.2) is 33.7 Å². The number of carbonyl (C=O) groups is 1. The Hall–Kier alpha value is -2.06. The second-order valence-electron chi connectivity index (χ2n) is 3.62. The number of nitrogens with one attached hydrogen (secondary N) is 1. The zero-order valence-electron chi connectivity index (χ0n) is 9.72. The molecule has 0 bridgehead atoms. The molecule has 0 saturated heterocycles.